The molecule has 1 aromatic carbocycles. The van der Waals surface area contributed by atoms with Gasteiger partial charge in [0, 0.05) is 30.3 Å². The zero-order valence-corrected chi connectivity index (χ0v) is 17.7. The lowest BCUT2D eigenvalue weighted by molar-refractivity contribution is 0.0579. The highest BCUT2D eigenvalue weighted by atomic mass is 35.5. The molecule has 5 nitrogen and oxygen atoms in total. The van der Waals surface area contributed by atoms with Gasteiger partial charge in [-0.25, -0.2) is 0 Å². The Morgan fingerprint density at radius 2 is 1.96 bits per heavy atom. The molecular weight excluding hydrogens is 376 g/mol. The van der Waals surface area contributed by atoms with Crippen LogP contribution in [0.2, 0.25) is 5.02 Å². The van der Waals surface area contributed by atoms with Gasteiger partial charge in [-0.3, -0.25) is 4.90 Å². The van der Waals surface area contributed by atoms with Crippen LogP contribution < -0.4 is 5.32 Å². The lowest BCUT2D eigenvalue weighted by Gasteiger charge is -2.37. The van der Waals surface area contributed by atoms with Crippen molar-refractivity contribution in [3.05, 3.63) is 58.5 Å². The number of benzene rings is 1. The summed E-state index contributed by atoms with van der Waals surface area (Å²) in [5.41, 5.74) is 1.03. The minimum Gasteiger partial charge on any atom is -0.462 e. The van der Waals surface area contributed by atoms with Gasteiger partial charge in [-0.1, -0.05) is 30.7 Å². The number of aliphatic hydroxyl groups excluding tert-OH is 1. The number of likely N-dealkylation sites (N-methyl/N-ethyl adjacent to an activating group) is 1. The third kappa shape index (κ3) is 4.61. The number of nitrogens with one attached hydrogen (secondary N) is 1. The summed E-state index contributed by atoms with van der Waals surface area (Å²) in [6, 6.07) is 12.3. The van der Waals surface area contributed by atoms with Crippen LogP contribution in [-0.2, 0) is 17.9 Å². The fourth-order valence-electron chi connectivity index (χ4n) is 4.53. The minimum atomic E-state index is -0.221. The second-order valence-electron chi connectivity index (χ2n) is 7.83. The van der Waals surface area contributed by atoms with Crippen molar-refractivity contribution in [2.24, 2.45) is 5.92 Å². The molecule has 0 aliphatic carbocycles. The first-order chi connectivity index (χ1) is 13.5. The Bertz CT molecular complexity index is 748. The van der Waals surface area contributed by atoms with Crippen LogP contribution in [0.15, 0.2) is 40.8 Å². The third-order valence-corrected chi connectivity index (χ3v) is 6.03. The summed E-state index contributed by atoms with van der Waals surface area (Å²) in [5.74, 6) is 2.13. The molecule has 0 amide bonds. The van der Waals surface area contributed by atoms with E-state index in [0.717, 1.165) is 36.1 Å². The van der Waals surface area contributed by atoms with Gasteiger partial charge in [0.2, 0.25) is 0 Å². The van der Waals surface area contributed by atoms with Gasteiger partial charge >= 0.3 is 0 Å². The van der Waals surface area contributed by atoms with Crippen LogP contribution in [0.3, 0.4) is 0 Å². The Kier molecular flexibility index (Phi) is 7.18. The minimum absolute atomic E-state index is 0.153. The predicted molar refractivity (Wildman–Crippen MR) is 111 cm³/mol. The number of furan rings is 1. The topological polar surface area (TPSA) is 57.9 Å². The van der Waals surface area contributed by atoms with Gasteiger partial charge in [0.1, 0.15) is 18.1 Å². The maximum absolute atomic E-state index is 10.1. The SMILES string of the molecule is CCN1[C@H](c2ccc(Cl)cc2)[C@H](CNCc2ccc(COC)o2)C[C@]1(C)CO. The predicted octanol–water partition coefficient (Wildman–Crippen LogP) is 4.00. The molecule has 0 spiro atoms. The summed E-state index contributed by atoms with van der Waals surface area (Å²) in [5, 5.41) is 14.4. The van der Waals surface area contributed by atoms with Crippen molar-refractivity contribution in [1.29, 1.82) is 0 Å². The van der Waals surface area contributed by atoms with Crippen molar-refractivity contribution in [1.82, 2.24) is 10.2 Å². The van der Waals surface area contributed by atoms with E-state index in [9.17, 15) is 5.11 Å². The van der Waals surface area contributed by atoms with Crippen LogP contribution in [0, 0.1) is 5.92 Å². The molecular formula is C22H31ClN2O3. The summed E-state index contributed by atoms with van der Waals surface area (Å²) in [6.07, 6.45) is 0.935. The van der Waals surface area contributed by atoms with Crippen LogP contribution in [0.4, 0.5) is 0 Å². The first-order valence-corrected chi connectivity index (χ1v) is 10.3. The average molecular weight is 407 g/mol. The molecule has 0 bridgehead atoms. The number of halogens is 1. The van der Waals surface area contributed by atoms with Gasteiger partial charge in [-0.2, -0.15) is 0 Å². The number of rotatable bonds is 9. The summed E-state index contributed by atoms with van der Waals surface area (Å²) >= 11 is 6.10. The molecule has 2 heterocycles. The van der Waals surface area contributed by atoms with Crippen molar-refractivity contribution in [3.63, 3.8) is 0 Å². The third-order valence-electron chi connectivity index (χ3n) is 5.78. The van der Waals surface area contributed by atoms with Gasteiger partial charge in [0.25, 0.3) is 0 Å². The van der Waals surface area contributed by atoms with E-state index in [1.165, 1.54) is 5.56 Å². The Balaban J connectivity index is 1.71. The van der Waals surface area contributed by atoms with Crippen LogP contribution in [0.1, 0.15) is 43.4 Å². The van der Waals surface area contributed by atoms with Crippen molar-refractivity contribution in [2.45, 2.75) is 45.0 Å². The lowest BCUT2D eigenvalue weighted by atomic mass is 9.90. The second kappa shape index (κ2) is 9.42. The van der Waals surface area contributed by atoms with E-state index in [0.29, 0.717) is 19.1 Å². The molecule has 0 unspecified atom stereocenters. The van der Waals surface area contributed by atoms with E-state index >= 15 is 0 Å². The number of ether oxygens (including phenoxy) is 1. The largest absolute Gasteiger partial charge is 0.462 e. The standard InChI is InChI=1S/C22H31ClN2O3/c1-4-25-21(16-5-7-18(23)8-6-16)17(11-22(25,2)15-26)12-24-13-19-9-10-20(28-19)14-27-3/h5-10,17,21,24,26H,4,11-15H2,1-3H3/t17-,21+,22+/m0/s1. The Hall–Kier alpha value is -1.37. The summed E-state index contributed by atoms with van der Waals surface area (Å²) in [7, 11) is 1.66. The number of likely N-dealkylation sites (tertiary alicyclic amines) is 1. The zero-order chi connectivity index (χ0) is 20.1. The van der Waals surface area contributed by atoms with E-state index in [2.05, 4.69) is 36.2 Å². The molecule has 0 radical (unpaired) electrons. The summed E-state index contributed by atoms with van der Waals surface area (Å²) in [4.78, 5) is 2.42. The highest BCUT2D eigenvalue weighted by Gasteiger charge is 2.47. The normalized spacial score (nSPS) is 25.5. The van der Waals surface area contributed by atoms with E-state index in [-0.39, 0.29) is 18.2 Å². The van der Waals surface area contributed by atoms with Crippen LogP contribution in [0.25, 0.3) is 0 Å². The molecule has 0 saturated carbocycles. The summed E-state index contributed by atoms with van der Waals surface area (Å²) < 4.78 is 10.9. The average Bonchev–Trinajstić information content (AvgIpc) is 3.25. The van der Waals surface area contributed by atoms with Gasteiger partial charge in [0.05, 0.1) is 13.2 Å². The molecule has 3 atom stereocenters. The maximum atomic E-state index is 10.1. The van der Waals surface area contributed by atoms with E-state index in [4.69, 9.17) is 20.8 Å². The quantitative estimate of drug-likeness (QED) is 0.659. The van der Waals surface area contributed by atoms with Gasteiger partial charge in [0.15, 0.2) is 0 Å². The van der Waals surface area contributed by atoms with Crippen molar-refractivity contribution < 1.29 is 14.3 Å². The second-order valence-corrected chi connectivity index (χ2v) is 8.27. The zero-order valence-electron chi connectivity index (χ0n) is 17.0. The van der Waals surface area contributed by atoms with Crippen molar-refractivity contribution in [3.8, 4) is 0 Å². The molecule has 2 N–H and O–H groups in total. The van der Waals surface area contributed by atoms with Crippen LogP contribution in [0.5, 0.6) is 0 Å². The van der Waals surface area contributed by atoms with Gasteiger partial charge in [-0.15, -0.1) is 0 Å². The molecule has 1 saturated heterocycles. The number of nitrogens with zero attached hydrogens (tertiary/aromatic N) is 1. The highest BCUT2D eigenvalue weighted by molar-refractivity contribution is 6.30. The van der Waals surface area contributed by atoms with Crippen molar-refractivity contribution in [2.75, 3.05) is 26.8 Å². The van der Waals surface area contributed by atoms with Crippen LogP contribution in [-0.4, -0.2) is 42.4 Å². The number of hydrogen-bond acceptors (Lipinski definition) is 5. The fourth-order valence-corrected chi connectivity index (χ4v) is 4.66. The molecule has 2 aromatic rings. The lowest BCUT2D eigenvalue weighted by Crippen LogP contribution is -2.45. The molecule has 154 valence electrons. The Morgan fingerprint density at radius 3 is 2.61 bits per heavy atom. The van der Waals surface area contributed by atoms with E-state index in [1.54, 1.807) is 7.11 Å². The van der Waals surface area contributed by atoms with Crippen molar-refractivity contribution >= 4 is 11.6 Å². The first kappa shape index (κ1) is 21.3. The van der Waals surface area contributed by atoms with Gasteiger partial charge in [-0.05, 0) is 55.6 Å². The molecule has 1 aromatic heterocycles. The number of methoxy groups -OCH3 is 1. The Labute approximate surface area is 172 Å². The van der Waals surface area contributed by atoms with Gasteiger partial charge < -0.3 is 19.6 Å². The smallest absolute Gasteiger partial charge is 0.129 e. The molecule has 1 fully saturated rings. The monoisotopic (exact) mass is 406 g/mol. The van der Waals surface area contributed by atoms with Crippen LogP contribution >= 0.6 is 11.6 Å². The highest BCUT2D eigenvalue weighted by Crippen LogP contribution is 2.46. The summed E-state index contributed by atoms with van der Waals surface area (Å²) in [6.45, 7) is 7.37. The number of aliphatic hydroxyl groups is 1. The van der Waals surface area contributed by atoms with E-state index in [1.807, 2.05) is 24.3 Å². The molecule has 1 aliphatic rings. The van der Waals surface area contributed by atoms with E-state index < -0.39 is 0 Å². The maximum Gasteiger partial charge on any atom is 0.129 e. The molecule has 3 rings (SSSR count). The molecule has 28 heavy (non-hydrogen) atoms. The first-order valence-electron chi connectivity index (χ1n) is 9.91. The fraction of sp³-hybridized carbons (Fsp3) is 0.545. The molecule has 1 aliphatic heterocycles. The Morgan fingerprint density at radius 1 is 1.25 bits per heavy atom. The number of hydrogen-bond donors (Lipinski definition) is 2. The molecule has 6 heteroatoms.